The third kappa shape index (κ3) is 40.4. The van der Waals surface area contributed by atoms with Gasteiger partial charge in [-0.1, -0.05) is 295 Å². The minimum absolute atomic E-state index is 0.0989. The summed E-state index contributed by atoms with van der Waals surface area (Å²) in [5, 5.41) is 0. The second kappa shape index (κ2) is 44.4. The van der Waals surface area contributed by atoms with Crippen LogP contribution >= 0.6 is 0 Å². The molecule has 1 rings (SSSR count). The van der Waals surface area contributed by atoms with Crippen LogP contribution < -0.4 is 4.74 Å². The lowest BCUT2D eigenvalue weighted by Gasteiger charge is -2.05. The van der Waals surface area contributed by atoms with Crippen molar-refractivity contribution in [3.63, 3.8) is 0 Å². The Morgan fingerprint density at radius 1 is 0.315 bits per heavy atom. The third-order valence-corrected chi connectivity index (χ3v) is 12.0. The van der Waals surface area contributed by atoms with Crippen molar-refractivity contribution in [2.45, 2.75) is 289 Å². The average molecular weight is 753 g/mol. The summed E-state index contributed by atoms with van der Waals surface area (Å²) in [4.78, 5) is 11.9. The van der Waals surface area contributed by atoms with E-state index in [4.69, 9.17) is 4.74 Å². The first-order valence-electron chi connectivity index (χ1n) is 25.1. The summed E-state index contributed by atoms with van der Waals surface area (Å²) >= 11 is 0. The molecule has 316 valence electrons. The van der Waals surface area contributed by atoms with Crippen LogP contribution in [0, 0.1) is 0 Å². The van der Waals surface area contributed by atoms with Gasteiger partial charge in [0.15, 0.2) is 0 Å². The van der Waals surface area contributed by atoms with Gasteiger partial charge in [0, 0.05) is 6.42 Å². The second-order valence-corrected chi connectivity index (χ2v) is 17.4. The van der Waals surface area contributed by atoms with E-state index in [1.807, 2.05) is 30.3 Å². The van der Waals surface area contributed by atoms with Gasteiger partial charge in [-0.3, -0.25) is 4.79 Å². The zero-order chi connectivity index (χ0) is 38.5. The molecule has 2 heteroatoms. The smallest absolute Gasteiger partial charge is 0.311 e. The summed E-state index contributed by atoms with van der Waals surface area (Å²) in [7, 11) is 0. The van der Waals surface area contributed by atoms with Crippen molar-refractivity contribution in [3.05, 3.63) is 30.3 Å². The van der Waals surface area contributed by atoms with Crippen LogP contribution in [-0.4, -0.2) is 5.97 Å². The van der Waals surface area contributed by atoms with Crippen molar-refractivity contribution >= 4 is 5.97 Å². The van der Waals surface area contributed by atoms with Crippen LogP contribution in [0.5, 0.6) is 5.75 Å². The molecule has 0 bridgehead atoms. The van der Waals surface area contributed by atoms with Gasteiger partial charge < -0.3 is 4.74 Å². The molecular weight excluding hydrogens is 657 g/mol. The molecule has 0 radical (unpaired) electrons. The van der Waals surface area contributed by atoms with Gasteiger partial charge in [0.05, 0.1) is 0 Å². The number of para-hydroxylation sites is 1. The number of unbranched alkanes of at least 4 members (excludes halogenated alkanes) is 42. The topological polar surface area (TPSA) is 26.3 Å². The third-order valence-electron chi connectivity index (χ3n) is 12.0. The van der Waals surface area contributed by atoms with Crippen molar-refractivity contribution in [3.8, 4) is 5.75 Å². The largest absolute Gasteiger partial charge is 0.427 e. The van der Waals surface area contributed by atoms with E-state index < -0.39 is 0 Å². The predicted molar refractivity (Wildman–Crippen MR) is 241 cm³/mol. The fourth-order valence-electron chi connectivity index (χ4n) is 8.26. The first kappa shape index (κ1) is 50.7. The highest BCUT2D eigenvalue weighted by molar-refractivity contribution is 5.72. The van der Waals surface area contributed by atoms with E-state index >= 15 is 0 Å². The molecule has 0 aliphatic heterocycles. The molecule has 0 spiro atoms. The van der Waals surface area contributed by atoms with E-state index in [1.165, 1.54) is 263 Å². The summed E-state index contributed by atoms with van der Waals surface area (Å²) in [6.07, 6.45) is 62.3. The van der Waals surface area contributed by atoms with Gasteiger partial charge in [-0.2, -0.15) is 0 Å². The quantitative estimate of drug-likeness (QED) is 0.0377. The minimum atomic E-state index is -0.0989. The molecule has 0 N–H and O–H groups in total. The van der Waals surface area contributed by atoms with Crippen molar-refractivity contribution in [1.82, 2.24) is 0 Å². The summed E-state index contributed by atoms with van der Waals surface area (Å²) in [6.45, 7) is 2.31. The van der Waals surface area contributed by atoms with Gasteiger partial charge >= 0.3 is 5.97 Å². The van der Waals surface area contributed by atoms with E-state index in [9.17, 15) is 4.79 Å². The summed E-state index contributed by atoms with van der Waals surface area (Å²) in [5.41, 5.74) is 0. The van der Waals surface area contributed by atoms with Crippen LogP contribution in [0.2, 0.25) is 0 Å². The molecule has 1 aromatic rings. The van der Waals surface area contributed by atoms with Gasteiger partial charge in [0.2, 0.25) is 0 Å². The monoisotopic (exact) mass is 753 g/mol. The van der Waals surface area contributed by atoms with E-state index in [2.05, 4.69) is 6.92 Å². The average Bonchev–Trinajstić information content (AvgIpc) is 3.18. The van der Waals surface area contributed by atoms with Crippen LogP contribution in [0.15, 0.2) is 30.3 Å². The Hall–Kier alpha value is -1.31. The number of rotatable bonds is 45. The molecule has 0 atom stereocenters. The Morgan fingerprint density at radius 2 is 0.519 bits per heavy atom. The van der Waals surface area contributed by atoms with E-state index in [0.29, 0.717) is 12.2 Å². The van der Waals surface area contributed by atoms with Crippen LogP contribution in [0.25, 0.3) is 0 Å². The van der Waals surface area contributed by atoms with E-state index in [1.54, 1.807) is 0 Å². The minimum Gasteiger partial charge on any atom is -0.427 e. The number of benzene rings is 1. The summed E-state index contributed by atoms with van der Waals surface area (Å²) in [5.74, 6) is 0.558. The van der Waals surface area contributed by atoms with Crippen molar-refractivity contribution in [2.24, 2.45) is 0 Å². The van der Waals surface area contributed by atoms with Gasteiger partial charge in [-0.05, 0) is 18.6 Å². The predicted octanol–water partition coefficient (Wildman–Crippen LogP) is 18.8. The lowest BCUT2D eigenvalue weighted by Crippen LogP contribution is -2.07. The van der Waals surface area contributed by atoms with Crippen LogP contribution in [0.1, 0.15) is 289 Å². The Labute approximate surface area is 339 Å². The first-order chi connectivity index (χ1) is 26.8. The number of carbonyl (C=O) groups is 1. The normalized spacial score (nSPS) is 11.4. The molecule has 0 aliphatic rings. The maximum atomic E-state index is 11.9. The fourth-order valence-corrected chi connectivity index (χ4v) is 8.26. The molecule has 0 unspecified atom stereocenters. The lowest BCUT2D eigenvalue weighted by atomic mass is 10.0. The highest BCUT2D eigenvalue weighted by Crippen LogP contribution is 2.18. The Bertz CT molecular complexity index is 834. The van der Waals surface area contributed by atoms with Gasteiger partial charge in [0.25, 0.3) is 0 Å². The molecule has 0 saturated heterocycles. The zero-order valence-corrected chi connectivity index (χ0v) is 36.8. The van der Waals surface area contributed by atoms with Crippen molar-refractivity contribution in [1.29, 1.82) is 0 Å². The highest BCUT2D eigenvalue weighted by atomic mass is 16.5. The number of hydrogen-bond acceptors (Lipinski definition) is 2. The number of carbonyl (C=O) groups excluding carboxylic acids is 1. The number of ether oxygens (including phenoxy) is 1. The molecule has 0 aliphatic carbocycles. The van der Waals surface area contributed by atoms with Crippen molar-refractivity contribution < 1.29 is 9.53 Å². The first-order valence-corrected chi connectivity index (χ1v) is 25.1. The zero-order valence-electron chi connectivity index (χ0n) is 36.8. The molecule has 0 amide bonds. The van der Waals surface area contributed by atoms with Gasteiger partial charge in [-0.15, -0.1) is 0 Å². The molecule has 54 heavy (non-hydrogen) atoms. The second-order valence-electron chi connectivity index (χ2n) is 17.4. The SMILES string of the molecule is CCCCCCCCCCCCCCCCCCCCCCCCCCCCCCCCCCCCCCCCCCCCCC(=O)Oc1ccccc1. The molecule has 0 saturated carbocycles. The highest BCUT2D eigenvalue weighted by Gasteiger charge is 2.04. The lowest BCUT2D eigenvalue weighted by molar-refractivity contribution is -0.134. The molecule has 0 fully saturated rings. The Balaban J connectivity index is 1.62. The molecule has 2 nitrogen and oxygen atoms in total. The Kier molecular flexibility index (Phi) is 41.7. The maximum Gasteiger partial charge on any atom is 0.311 e. The van der Waals surface area contributed by atoms with Gasteiger partial charge in [0.1, 0.15) is 5.75 Å². The number of esters is 1. The van der Waals surface area contributed by atoms with Crippen LogP contribution in [0.3, 0.4) is 0 Å². The molecular formula is C52H96O2. The summed E-state index contributed by atoms with van der Waals surface area (Å²) in [6, 6.07) is 9.41. The van der Waals surface area contributed by atoms with Crippen LogP contribution in [0.4, 0.5) is 0 Å². The van der Waals surface area contributed by atoms with Crippen molar-refractivity contribution in [2.75, 3.05) is 0 Å². The molecule has 0 heterocycles. The Morgan fingerprint density at radius 3 is 0.741 bits per heavy atom. The van der Waals surface area contributed by atoms with E-state index in [-0.39, 0.29) is 5.97 Å². The van der Waals surface area contributed by atoms with E-state index in [0.717, 1.165) is 12.8 Å². The standard InChI is InChI=1S/C52H96O2/c1-2-3-4-5-6-7-8-9-10-11-12-13-14-15-16-17-18-19-20-21-22-23-24-25-26-27-28-29-30-31-32-33-34-35-36-37-38-39-40-41-42-43-47-50-52(53)54-51-48-45-44-46-49-51/h44-46,48-49H,2-43,47,50H2,1H3. The molecule has 0 aromatic heterocycles. The maximum absolute atomic E-state index is 11.9. The number of hydrogen-bond donors (Lipinski definition) is 0. The van der Waals surface area contributed by atoms with Crippen LogP contribution in [-0.2, 0) is 4.79 Å². The summed E-state index contributed by atoms with van der Waals surface area (Å²) < 4.78 is 5.36. The molecule has 1 aromatic carbocycles. The van der Waals surface area contributed by atoms with Gasteiger partial charge in [-0.25, -0.2) is 0 Å². The fraction of sp³-hybridized carbons (Fsp3) is 0.865.